The smallest absolute Gasteiger partial charge is 0.248 e. The molecule has 4 nitrogen and oxygen atoms in total. The van der Waals surface area contributed by atoms with E-state index in [1.807, 2.05) is 30.5 Å². The van der Waals surface area contributed by atoms with Crippen LogP contribution in [0, 0.1) is 13.8 Å². The normalized spacial score (nSPS) is 12.2. The van der Waals surface area contributed by atoms with Gasteiger partial charge < -0.3 is 10.3 Å². The molecule has 110 valence electrons. The lowest BCUT2D eigenvalue weighted by atomic mass is 10.1. The third-order valence-corrected chi connectivity index (χ3v) is 3.64. The topological polar surface area (TPSA) is 65.1 Å². The minimum absolute atomic E-state index is 0.109. The van der Waals surface area contributed by atoms with Gasteiger partial charge in [-0.05, 0) is 45.0 Å². The number of carbonyl (C=O) groups is 2. The highest BCUT2D eigenvalue weighted by Crippen LogP contribution is 2.23. The van der Waals surface area contributed by atoms with Gasteiger partial charge >= 0.3 is 0 Å². The highest BCUT2D eigenvalue weighted by atomic mass is 35.5. The van der Waals surface area contributed by atoms with Gasteiger partial charge in [0.15, 0.2) is 5.78 Å². The number of aromatic nitrogens is 1. The average molecular weight is 305 g/mol. The SMILES string of the molecule is Cc1cc(C(=O)C(C)Cl)c(C)n1-c1cccc(C(N)=O)c1. The number of nitrogens with zero attached hydrogens (tertiary/aromatic N) is 1. The number of aryl methyl sites for hydroxylation is 1. The van der Waals surface area contributed by atoms with Gasteiger partial charge in [-0.3, -0.25) is 9.59 Å². The summed E-state index contributed by atoms with van der Waals surface area (Å²) in [6.45, 7) is 5.42. The molecule has 5 heteroatoms. The number of hydrogen-bond donors (Lipinski definition) is 1. The Morgan fingerprint density at radius 3 is 2.48 bits per heavy atom. The summed E-state index contributed by atoms with van der Waals surface area (Å²) in [4.78, 5) is 23.4. The van der Waals surface area contributed by atoms with E-state index < -0.39 is 11.3 Å². The molecule has 1 amide bonds. The lowest BCUT2D eigenvalue weighted by Crippen LogP contribution is -2.13. The van der Waals surface area contributed by atoms with E-state index in [1.54, 1.807) is 25.1 Å². The van der Waals surface area contributed by atoms with Crippen LogP contribution in [0.5, 0.6) is 0 Å². The molecule has 2 aromatic rings. The van der Waals surface area contributed by atoms with Crippen LogP contribution in [0.3, 0.4) is 0 Å². The number of halogens is 1. The van der Waals surface area contributed by atoms with Crippen LogP contribution >= 0.6 is 11.6 Å². The molecule has 0 saturated heterocycles. The number of primary amides is 1. The van der Waals surface area contributed by atoms with E-state index in [1.165, 1.54) is 0 Å². The number of alkyl halides is 1. The minimum atomic E-state index is -0.573. The van der Waals surface area contributed by atoms with Gasteiger partial charge in [0.05, 0.1) is 5.38 Å². The Labute approximate surface area is 128 Å². The number of carbonyl (C=O) groups excluding carboxylic acids is 2. The number of amides is 1. The Morgan fingerprint density at radius 1 is 1.24 bits per heavy atom. The third kappa shape index (κ3) is 2.85. The Morgan fingerprint density at radius 2 is 1.90 bits per heavy atom. The number of nitrogens with two attached hydrogens (primary N) is 1. The predicted octanol–water partition coefficient (Wildman–Crippen LogP) is 3.00. The van der Waals surface area contributed by atoms with Crippen LogP contribution in [0.1, 0.15) is 39.0 Å². The number of benzene rings is 1. The Balaban J connectivity index is 2.58. The maximum atomic E-state index is 12.1. The standard InChI is InChI=1S/C16H17ClN2O2/c1-9-7-14(15(20)10(2)17)11(3)19(9)13-6-4-5-12(8-13)16(18)21/h4-8,10H,1-3H3,(H2,18,21). The molecule has 1 heterocycles. The molecule has 2 rings (SSSR count). The molecule has 0 aliphatic rings. The molecule has 1 aromatic heterocycles. The zero-order valence-corrected chi connectivity index (χ0v) is 12.9. The molecule has 0 aliphatic carbocycles. The second-order valence-corrected chi connectivity index (χ2v) is 5.67. The predicted molar refractivity (Wildman–Crippen MR) is 83.4 cm³/mol. The van der Waals surface area contributed by atoms with E-state index in [2.05, 4.69) is 0 Å². The molecular weight excluding hydrogens is 288 g/mol. The van der Waals surface area contributed by atoms with Crippen LogP contribution in [-0.4, -0.2) is 21.6 Å². The van der Waals surface area contributed by atoms with Gasteiger partial charge in [-0.15, -0.1) is 11.6 Å². The summed E-state index contributed by atoms with van der Waals surface area (Å²) in [6.07, 6.45) is 0. The molecule has 0 radical (unpaired) electrons. The number of ketones is 1. The van der Waals surface area contributed by atoms with Gasteiger partial charge in [0.2, 0.25) is 5.91 Å². The zero-order chi connectivity index (χ0) is 15.7. The van der Waals surface area contributed by atoms with Crippen LogP contribution in [0.2, 0.25) is 0 Å². The molecule has 21 heavy (non-hydrogen) atoms. The van der Waals surface area contributed by atoms with Crippen molar-refractivity contribution in [2.45, 2.75) is 26.1 Å². The third-order valence-electron chi connectivity index (χ3n) is 3.45. The highest BCUT2D eigenvalue weighted by Gasteiger charge is 2.20. The van der Waals surface area contributed by atoms with E-state index in [0.29, 0.717) is 11.1 Å². The van der Waals surface area contributed by atoms with E-state index in [9.17, 15) is 9.59 Å². The van der Waals surface area contributed by atoms with Gasteiger partial charge in [-0.2, -0.15) is 0 Å². The van der Waals surface area contributed by atoms with Gasteiger partial charge in [0.1, 0.15) is 0 Å². The first kappa shape index (κ1) is 15.3. The monoisotopic (exact) mass is 304 g/mol. The molecule has 0 aliphatic heterocycles. The summed E-state index contributed by atoms with van der Waals surface area (Å²) in [6, 6.07) is 8.81. The Bertz CT molecular complexity index is 717. The second kappa shape index (κ2) is 5.74. The molecule has 1 unspecified atom stereocenters. The van der Waals surface area contributed by atoms with E-state index in [4.69, 9.17) is 17.3 Å². The van der Waals surface area contributed by atoms with Crippen molar-refractivity contribution in [1.82, 2.24) is 4.57 Å². The molecule has 0 bridgehead atoms. The van der Waals surface area contributed by atoms with Crippen molar-refractivity contribution in [3.63, 3.8) is 0 Å². The van der Waals surface area contributed by atoms with Gasteiger partial charge in [0.25, 0.3) is 0 Å². The number of rotatable bonds is 4. The van der Waals surface area contributed by atoms with Gasteiger partial charge in [0, 0.05) is 28.2 Å². The minimum Gasteiger partial charge on any atom is -0.366 e. The van der Waals surface area contributed by atoms with Crippen molar-refractivity contribution < 1.29 is 9.59 Å². The highest BCUT2D eigenvalue weighted by molar-refractivity contribution is 6.33. The van der Waals surface area contributed by atoms with Crippen molar-refractivity contribution in [3.05, 3.63) is 52.8 Å². The summed E-state index contributed by atoms with van der Waals surface area (Å²) < 4.78 is 1.92. The fourth-order valence-electron chi connectivity index (χ4n) is 2.42. The Kier molecular flexibility index (Phi) is 4.19. The second-order valence-electron chi connectivity index (χ2n) is 5.02. The van der Waals surface area contributed by atoms with E-state index >= 15 is 0 Å². The van der Waals surface area contributed by atoms with Crippen molar-refractivity contribution in [3.8, 4) is 5.69 Å². The molecule has 0 spiro atoms. The lowest BCUT2D eigenvalue weighted by Gasteiger charge is -2.11. The van der Waals surface area contributed by atoms with Crippen molar-refractivity contribution in [2.24, 2.45) is 5.73 Å². The van der Waals surface area contributed by atoms with Gasteiger partial charge in [-0.25, -0.2) is 0 Å². The number of hydrogen-bond acceptors (Lipinski definition) is 2. The van der Waals surface area contributed by atoms with Crippen LogP contribution < -0.4 is 5.73 Å². The molecular formula is C16H17ClN2O2. The summed E-state index contributed by atoms with van der Waals surface area (Å²) in [7, 11) is 0. The summed E-state index contributed by atoms with van der Waals surface area (Å²) >= 11 is 5.89. The summed E-state index contributed by atoms with van der Waals surface area (Å²) in [5, 5.41) is -0.573. The fraction of sp³-hybridized carbons (Fsp3) is 0.250. The first-order chi connectivity index (χ1) is 9.82. The maximum Gasteiger partial charge on any atom is 0.248 e. The molecule has 1 atom stereocenters. The lowest BCUT2D eigenvalue weighted by molar-refractivity contribution is 0.0986. The zero-order valence-electron chi connectivity index (χ0n) is 12.2. The average Bonchev–Trinajstić information content (AvgIpc) is 2.73. The van der Waals surface area contributed by atoms with Crippen molar-refractivity contribution >= 4 is 23.3 Å². The molecule has 1 aromatic carbocycles. The van der Waals surface area contributed by atoms with Crippen LogP contribution in [0.25, 0.3) is 5.69 Å². The summed E-state index contributed by atoms with van der Waals surface area (Å²) in [5.41, 5.74) is 8.83. The summed E-state index contributed by atoms with van der Waals surface area (Å²) in [5.74, 6) is -0.591. The van der Waals surface area contributed by atoms with Crippen molar-refractivity contribution in [1.29, 1.82) is 0 Å². The van der Waals surface area contributed by atoms with Crippen molar-refractivity contribution in [2.75, 3.05) is 0 Å². The van der Waals surface area contributed by atoms with Crippen LogP contribution in [0.15, 0.2) is 30.3 Å². The molecule has 0 fully saturated rings. The number of Topliss-reactive ketones (excluding diaryl/α,β-unsaturated/α-hetero) is 1. The van der Waals surface area contributed by atoms with Crippen LogP contribution in [0.4, 0.5) is 0 Å². The first-order valence-electron chi connectivity index (χ1n) is 6.60. The van der Waals surface area contributed by atoms with Gasteiger partial charge in [-0.1, -0.05) is 6.07 Å². The Hall–Kier alpha value is -2.07. The fourth-order valence-corrected chi connectivity index (χ4v) is 2.54. The first-order valence-corrected chi connectivity index (χ1v) is 7.04. The maximum absolute atomic E-state index is 12.1. The van der Waals surface area contributed by atoms with E-state index in [0.717, 1.165) is 17.1 Å². The van der Waals surface area contributed by atoms with E-state index in [-0.39, 0.29) is 5.78 Å². The molecule has 2 N–H and O–H groups in total. The quantitative estimate of drug-likeness (QED) is 0.697. The molecule has 0 saturated carbocycles. The largest absolute Gasteiger partial charge is 0.366 e. The van der Waals surface area contributed by atoms with Crippen LogP contribution in [-0.2, 0) is 0 Å².